The third-order valence-corrected chi connectivity index (χ3v) is 2.99. The number of para-hydroxylation sites is 1. The molecule has 0 amide bonds. The number of aryl methyl sites for hydroxylation is 1. The normalized spacial score (nSPS) is 15.5. The van der Waals surface area contributed by atoms with E-state index in [0.717, 1.165) is 23.3 Å². The molecule has 0 saturated heterocycles. The number of aromatic amines is 1. The monoisotopic (exact) mass is 203 g/mol. The molecule has 1 atom stereocenters. The summed E-state index contributed by atoms with van der Waals surface area (Å²) in [5.41, 5.74) is 9.06. The summed E-state index contributed by atoms with van der Waals surface area (Å²) >= 11 is 0. The first-order valence-electron chi connectivity index (χ1n) is 5.29. The summed E-state index contributed by atoms with van der Waals surface area (Å²) in [6.45, 7) is 6.13. The Morgan fingerprint density at radius 3 is 2.80 bits per heavy atom. The molecule has 2 aromatic rings. The zero-order valence-corrected chi connectivity index (χ0v) is 9.46. The topological polar surface area (TPSA) is 54.7 Å². The van der Waals surface area contributed by atoms with Crippen LogP contribution in [0, 0.1) is 6.92 Å². The molecule has 0 radical (unpaired) electrons. The first-order chi connectivity index (χ1) is 7.04. The fourth-order valence-electron chi connectivity index (χ4n) is 1.61. The van der Waals surface area contributed by atoms with E-state index in [4.69, 9.17) is 5.73 Å². The average Bonchev–Trinajstić information content (AvgIpc) is 2.64. The molecule has 2 rings (SSSR count). The van der Waals surface area contributed by atoms with Gasteiger partial charge >= 0.3 is 0 Å². The molecule has 0 aliphatic heterocycles. The second-order valence-electron chi connectivity index (χ2n) is 4.33. The lowest BCUT2D eigenvalue weighted by molar-refractivity contribution is 0.451. The number of nitrogens with two attached hydrogens (primary N) is 1. The lowest BCUT2D eigenvalue weighted by Gasteiger charge is -2.19. The number of H-pyrrole nitrogens is 1. The maximum atomic E-state index is 6.16. The Morgan fingerprint density at radius 2 is 2.20 bits per heavy atom. The Morgan fingerprint density at radius 1 is 1.47 bits per heavy atom. The van der Waals surface area contributed by atoms with Crippen LogP contribution in [0.1, 0.15) is 31.7 Å². The molecule has 80 valence electrons. The molecule has 3 heteroatoms. The molecule has 0 bridgehead atoms. The molecule has 1 heterocycles. The van der Waals surface area contributed by atoms with Gasteiger partial charge in [0.15, 0.2) is 0 Å². The van der Waals surface area contributed by atoms with Crippen LogP contribution in [0.5, 0.6) is 0 Å². The summed E-state index contributed by atoms with van der Waals surface area (Å²) in [6.07, 6.45) is 0.867. The molecule has 0 aliphatic carbocycles. The summed E-state index contributed by atoms with van der Waals surface area (Å²) in [6, 6.07) is 6.12. The van der Waals surface area contributed by atoms with E-state index in [1.807, 2.05) is 19.1 Å². The Bertz CT molecular complexity index is 483. The van der Waals surface area contributed by atoms with Crippen molar-refractivity contribution < 1.29 is 0 Å². The van der Waals surface area contributed by atoms with E-state index >= 15 is 0 Å². The number of imidazole rings is 1. The summed E-state index contributed by atoms with van der Waals surface area (Å²) in [7, 11) is 0. The molecule has 0 spiro atoms. The van der Waals surface area contributed by atoms with Crippen LogP contribution < -0.4 is 5.73 Å². The second-order valence-corrected chi connectivity index (χ2v) is 4.33. The van der Waals surface area contributed by atoms with E-state index < -0.39 is 0 Å². The zero-order valence-electron chi connectivity index (χ0n) is 9.46. The number of aromatic nitrogens is 2. The molecule has 15 heavy (non-hydrogen) atoms. The number of nitrogens with one attached hydrogen (secondary N) is 1. The SMILES string of the molecule is CCC(C)(N)c1nc2c(C)cccc2[nH]1. The molecular formula is C12H17N3. The maximum Gasteiger partial charge on any atom is 0.127 e. The number of benzene rings is 1. The van der Waals surface area contributed by atoms with Crippen molar-refractivity contribution >= 4 is 11.0 Å². The van der Waals surface area contributed by atoms with Crippen molar-refractivity contribution in [3.05, 3.63) is 29.6 Å². The fourth-order valence-corrected chi connectivity index (χ4v) is 1.61. The van der Waals surface area contributed by atoms with E-state index in [9.17, 15) is 0 Å². The average molecular weight is 203 g/mol. The number of nitrogens with zero attached hydrogens (tertiary/aromatic N) is 1. The van der Waals surface area contributed by atoms with Gasteiger partial charge in [0, 0.05) is 0 Å². The molecular weight excluding hydrogens is 186 g/mol. The highest BCUT2D eigenvalue weighted by molar-refractivity contribution is 5.78. The van der Waals surface area contributed by atoms with Gasteiger partial charge in [0.1, 0.15) is 5.82 Å². The van der Waals surface area contributed by atoms with Crippen molar-refractivity contribution in [1.82, 2.24) is 9.97 Å². The number of hydrogen-bond acceptors (Lipinski definition) is 2. The van der Waals surface area contributed by atoms with Gasteiger partial charge in [-0.25, -0.2) is 4.98 Å². The minimum absolute atomic E-state index is 0.370. The van der Waals surface area contributed by atoms with E-state index in [0.29, 0.717) is 0 Å². The Labute approximate surface area is 89.7 Å². The van der Waals surface area contributed by atoms with Gasteiger partial charge in [-0.05, 0) is 31.9 Å². The van der Waals surface area contributed by atoms with Crippen molar-refractivity contribution in [2.75, 3.05) is 0 Å². The molecule has 0 saturated carbocycles. The molecule has 3 N–H and O–H groups in total. The van der Waals surface area contributed by atoms with Gasteiger partial charge in [-0.1, -0.05) is 19.1 Å². The summed E-state index contributed by atoms with van der Waals surface area (Å²) in [5.74, 6) is 0.870. The Kier molecular flexibility index (Phi) is 2.27. The highest BCUT2D eigenvalue weighted by atomic mass is 15.0. The quantitative estimate of drug-likeness (QED) is 0.787. The lowest BCUT2D eigenvalue weighted by atomic mass is 10.0. The summed E-state index contributed by atoms with van der Waals surface area (Å²) in [4.78, 5) is 7.87. The van der Waals surface area contributed by atoms with Crippen molar-refractivity contribution in [3.8, 4) is 0 Å². The van der Waals surface area contributed by atoms with E-state index in [-0.39, 0.29) is 5.54 Å². The molecule has 1 aromatic heterocycles. The predicted octanol–water partition coefficient (Wildman–Crippen LogP) is 2.46. The molecule has 0 fully saturated rings. The minimum atomic E-state index is -0.370. The number of hydrogen-bond donors (Lipinski definition) is 2. The van der Waals surface area contributed by atoms with Crippen LogP contribution in [-0.4, -0.2) is 9.97 Å². The van der Waals surface area contributed by atoms with Crippen LogP contribution in [0.2, 0.25) is 0 Å². The Balaban J connectivity index is 2.62. The molecule has 3 nitrogen and oxygen atoms in total. The van der Waals surface area contributed by atoms with Crippen LogP contribution in [-0.2, 0) is 5.54 Å². The van der Waals surface area contributed by atoms with Crippen molar-refractivity contribution in [3.63, 3.8) is 0 Å². The standard InChI is InChI=1S/C12H17N3/c1-4-12(3,13)11-14-9-7-5-6-8(2)10(9)15-11/h5-7H,4,13H2,1-3H3,(H,14,15). The third-order valence-electron chi connectivity index (χ3n) is 2.99. The van der Waals surface area contributed by atoms with Crippen LogP contribution in [0.3, 0.4) is 0 Å². The largest absolute Gasteiger partial charge is 0.340 e. The second kappa shape index (κ2) is 3.35. The van der Waals surface area contributed by atoms with Gasteiger partial charge in [-0.2, -0.15) is 0 Å². The van der Waals surface area contributed by atoms with Crippen LogP contribution >= 0.6 is 0 Å². The van der Waals surface area contributed by atoms with Gasteiger partial charge in [0.2, 0.25) is 0 Å². The third kappa shape index (κ3) is 1.63. The summed E-state index contributed by atoms with van der Waals surface area (Å²) < 4.78 is 0. The van der Waals surface area contributed by atoms with Crippen molar-refractivity contribution in [1.29, 1.82) is 0 Å². The molecule has 1 unspecified atom stereocenters. The summed E-state index contributed by atoms with van der Waals surface area (Å²) in [5, 5.41) is 0. The van der Waals surface area contributed by atoms with Crippen LogP contribution in [0.25, 0.3) is 11.0 Å². The van der Waals surface area contributed by atoms with Gasteiger partial charge in [0.05, 0.1) is 16.6 Å². The first kappa shape index (κ1) is 10.2. The Hall–Kier alpha value is -1.35. The van der Waals surface area contributed by atoms with Crippen LogP contribution in [0.15, 0.2) is 18.2 Å². The highest BCUT2D eigenvalue weighted by Crippen LogP contribution is 2.23. The van der Waals surface area contributed by atoms with Gasteiger partial charge in [-0.3, -0.25) is 0 Å². The molecule has 1 aromatic carbocycles. The van der Waals surface area contributed by atoms with Gasteiger partial charge in [0.25, 0.3) is 0 Å². The van der Waals surface area contributed by atoms with Crippen LogP contribution in [0.4, 0.5) is 0 Å². The van der Waals surface area contributed by atoms with E-state index in [1.165, 1.54) is 5.56 Å². The highest BCUT2D eigenvalue weighted by Gasteiger charge is 2.22. The minimum Gasteiger partial charge on any atom is -0.340 e. The van der Waals surface area contributed by atoms with Crippen molar-refractivity contribution in [2.45, 2.75) is 32.7 Å². The molecule has 0 aliphatic rings. The zero-order chi connectivity index (χ0) is 11.1. The van der Waals surface area contributed by atoms with E-state index in [2.05, 4.69) is 29.9 Å². The first-order valence-corrected chi connectivity index (χ1v) is 5.29. The van der Waals surface area contributed by atoms with Gasteiger partial charge < -0.3 is 10.7 Å². The lowest BCUT2D eigenvalue weighted by Crippen LogP contribution is -2.33. The fraction of sp³-hybridized carbons (Fsp3) is 0.417. The number of rotatable bonds is 2. The van der Waals surface area contributed by atoms with Gasteiger partial charge in [-0.15, -0.1) is 0 Å². The smallest absolute Gasteiger partial charge is 0.127 e. The maximum absolute atomic E-state index is 6.16. The number of fused-ring (bicyclic) bond motifs is 1. The van der Waals surface area contributed by atoms with E-state index in [1.54, 1.807) is 0 Å². The predicted molar refractivity (Wildman–Crippen MR) is 62.7 cm³/mol. The van der Waals surface area contributed by atoms with Crippen molar-refractivity contribution in [2.24, 2.45) is 5.73 Å².